The van der Waals surface area contributed by atoms with Crippen molar-refractivity contribution in [3.63, 3.8) is 0 Å². The molecule has 0 rings (SSSR count). The van der Waals surface area contributed by atoms with Gasteiger partial charge in [0.25, 0.3) is 0 Å². The predicted molar refractivity (Wildman–Crippen MR) is 194 cm³/mol. The second kappa shape index (κ2) is 30.6. The molecular weight excluding hydrogens is 599 g/mol. The molecule has 0 saturated carbocycles. The minimum Gasteiger partial charge on any atom is -0.391 e. The fourth-order valence-corrected chi connectivity index (χ4v) is 6.43. The van der Waals surface area contributed by atoms with Crippen LogP contribution < -0.4 is 5.32 Å². The number of nitrogens with zero attached hydrogens (tertiary/aromatic N) is 1. The van der Waals surface area contributed by atoms with Crippen molar-refractivity contribution in [2.45, 2.75) is 193 Å². The van der Waals surface area contributed by atoms with Gasteiger partial charge in [-0.3, -0.25) is 13.8 Å². The van der Waals surface area contributed by atoms with E-state index in [-0.39, 0.29) is 19.1 Å². The van der Waals surface area contributed by atoms with Gasteiger partial charge in [-0.1, -0.05) is 162 Å². The van der Waals surface area contributed by atoms with Crippen LogP contribution in [0.1, 0.15) is 181 Å². The molecule has 1 unspecified atom stereocenters. The van der Waals surface area contributed by atoms with E-state index in [1.165, 1.54) is 116 Å². The fraction of sp³-hybridized carbons (Fsp3) is 0.973. The number of phosphoric acid groups is 1. The van der Waals surface area contributed by atoms with Crippen molar-refractivity contribution in [3.05, 3.63) is 0 Å². The summed E-state index contributed by atoms with van der Waals surface area (Å²) in [5, 5.41) is 13.9. The number of rotatable bonds is 35. The zero-order valence-electron chi connectivity index (χ0n) is 31.1. The van der Waals surface area contributed by atoms with E-state index in [1.807, 2.05) is 21.1 Å². The molecule has 0 radical (unpaired) electrons. The quantitative estimate of drug-likeness (QED) is 0.0350. The molecule has 1 amide bonds. The average molecular weight is 678 g/mol. The highest BCUT2D eigenvalue weighted by molar-refractivity contribution is 7.47. The monoisotopic (exact) mass is 678 g/mol. The smallest absolute Gasteiger partial charge is 0.391 e. The van der Waals surface area contributed by atoms with Crippen LogP contribution in [-0.2, 0) is 18.4 Å². The summed E-state index contributed by atoms with van der Waals surface area (Å²) in [7, 11) is 1.62. The molecule has 3 N–H and O–H groups in total. The van der Waals surface area contributed by atoms with Gasteiger partial charge in [0.15, 0.2) is 0 Å². The second-order valence-corrected chi connectivity index (χ2v) is 16.1. The van der Waals surface area contributed by atoms with Crippen molar-refractivity contribution in [1.82, 2.24) is 5.32 Å². The van der Waals surface area contributed by atoms with E-state index in [9.17, 15) is 19.4 Å². The number of aliphatic hydroxyl groups is 1. The number of hydrogen-bond donors (Lipinski definition) is 3. The minimum atomic E-state index is -4.30. The fourth-order valence-electron chi connectivity index (χ4n) is 5.69. The van der Waals surface area contributed by atoms with E-state index < -0.39 is 20.0 Å². The third kappa shape index (κ3) is 32.1. The Hall–Kier alpha value is -0.500. The molecule has 0 aromatic carbocycles. The number of carbonyl (C=O) groups is 1. The first kappa shape index (κ1) is 45.5. The summed E-state index contributed by atoms with van der Waals surface area (Å²) in [6, 6.07) is -0.750. The zero-order chi connectivity index (χ0) is 34.4. The molecule has 0 aliphatic carbocycles. The number of amides is 1. The number of unbranched alkanes of at least 4 members (excludes halogenated alkanes) is 22. The van der Waals surface area contributed by atoms with Crippen LogP contribution in [0.5, 0.6) is 0 Å². The number of carbonyl (C=O) groups excluding carboxylic acids is 1. The van der Waals surface area contributed by atoms with Gasteiger partial charge in [-0.25, -0.2) is 4.57 Å². The van der Waals surface area contributed by atoms with Gasteiger partial charge < -0.3 is 19.8 Å². The van der Waals surface area contributed by atoms with Crippen molar-refractivity contribution in [2.75, 3.05) is 40.9 Å². The summed E-state index contributed by atoms with van der Waals surface area (Å²) in [6.07, 6.45) is 29.7. The maximum atomic E-state index is 12.8. The van der Waals surface area contributed by atoms with Gasteiger partial charge in [-0.2, -0.15) is 0 Å². The number of nitrogens with one attached hydrogen (secondary N) is 1. The van der Waals surface area contributed by atoms with Gasteiger partial charge in [-0.05, 0) is 12.8 Å². The van der Waals surface area contributed by atoms with E-state index >= 15 is 0 Å². The largest absolute Gasteiger partial charge is 0.472 e. The first-order valence-electron chi connectivity index (χ1n) is 19.4. The Morgan fingerprint density at radius 3 is 1.46 bits per heavy atom. The summed E-state index contributed by atoms with van der Waals surface area (Å²) in [6.45, 7) is 4.87. The Balaban J connectivity index is 4.43. The van der Waals surface area contributed by atoms with E-state index in [4.69, 9.17) is 9.05 Å². The number of likely N-dealkylation sites (N-methyl/N-ethyl adjacent to an activating group) is 1. The second-order valence-electron chi connectivity index (χ2n) is 14.7. The molecule has 0 bridgehead atoms. The number of phosphoric ester groups is 1. The molecule has 8 nitrogen and oxygen atoms in total. The molecule has 9 heteroatoms. The lowest BCUT2D eigenvalue weighted by molar-refractivity contribution is -0.870. The summed E-state index contributed by atoms with van der Waals surface area (Å²) < 4.78 is 23.5. The molecule has 0 fully saturated rings. The molecule has 0 aliphatic heterocycles. The van der Waals surface area contributed by atoms with E-state index in [0.717, 1.165) is 38.5 Å². The lowest BCUT2D eigenvalue weighted by Crippen LogP contribution is -2.46. The summed E-state index contributed by atoms with van der Waals surface area (Å²) in [5.41, 5.74) is 0. The van der Waals surface area contributed by atoms with E-state index in [2.05, 4.69) is 19.2 Å². The third-order valence-corrected chi connectivity index (χ3v) is 9.84. The lowest BCUT2D eigenvalue weighted by atomic mass is 10.0. The van der Waals surface area contributed by atoms with Crippen LogP contribution in [0.4, 0.5) is 0 Å². The standard InChI is InChI=1S/C37H77N2O6P/c1-6-8-10-12-14-16-18-19-20-21-22-24-26-28-30-36(40)35(34-45-46(42,43)44-33-32-39(3,4)5)38-37(41)31-29-27-25-23-17-15-13-11-9-7-2/h35-36,40H,6-34H2,1-5H3,(H-,38,41,42,43)/p+1/t35-,36+/m0/s1. The Kier molecular flexibility index (Phi) is 30.2. The normalized spacial score (nSPS) is 14.7. The third-order valence-electron chi connectivity index (χ3n) is 8.86. The van der Waals surface area contributed by atoms with Crippen molar-refractivity contribution >= 4 is 13.7 Å². The summed E-state index contributed by atoms with van der Waals surface area (Å²) in [5.74, 6) is -0.146. The van der Waals surface area contributed by atoms with Gasteiger partial charge in [-0.15, -0.1) is 0 Å². The van der Waals surface area contributed by atoms with Crippen LogP contribution >= 0.6 is 7.82 Å². The number of aliphatic hydroxyl groups excluding tert-OH is 1. The molecule has 0 aromatic rings. The molecule has 276 valence electrons. The van der Waals surface area contributed by atoms with Crippen LogP contribution in [-0.4, -0.2) is 73.4 Å². The van der Waals surface area contributed by atoms with E-state index in [0.29, 0.717) is 23.9 Å². The highest BCUT2D eigenvalue weighted by Gasteiger charge is 2.28. The minimum absolute atomic E-state index is 0.0780. The average Bonchev–Trinajstić information content (AvgIpc) is 2.99. The first-order chi connectivity index (χ1) is 22.0. The number of quaternary nitrogens is 1. The first-order valence-corrected chi connectivity index (χ1v) is 20.9. The summed E-state index contributed by atoms with van der Waals surface area (Å²) in [4.78, 5) is 23.0. The van der Waals surface area contributed by atoms with Crippen LogP contribution in [0, 0.1) is 0 Å². The van der Waals surface area contributed by atoms with Crippen LogP contribution in [0.3, 0.4) is 0 Å². The van der Waals surface area contributed by atoms with Crippen molar-refractivity contribution in [3.8, 4) is 0 Å². The molecule has 0 aromatic heterocycles. The van der Waals surface area contributed by atoms with Gasteiger partial charge in [0, 0.05) is 6.42 Å². The lowest BCUT2D eigenvalue weighted by Gasteiger charge is -2.26. The predicted octanol–water partition coefficient (Wildman–Crippen LogP) is 9.85. The van der Waals surface area contributed by atoms with Gasteiger partial charge in [0.2, 0.25) is 5.91 Å². The number of hydrogen-bond acceptors (Lipinski definition) is 5. The topological polar surface area (TPSA) is 105 Å². The molecule has 0 heterocycles. The Bertz CT molecular complexity index is 733. The highest BCUT2D eigenvalue weighted by atomic mass is 31.2. The molecule has 46 heavy (non-hydrogen) atoms. The van der Waals surface area contributed by atoms with Crippen molar-refractivity contribution < 1.29 is 32.9 Å². The molecular formula is C37H78N2O6P+. The maximum Gasteiger partial charge on any atom is 0.472 e. The van der Waals surface area contributed by atoms with Gasteiger partial charge in [0.05, 0.1) is 39.9 Å². The molecule has 0 saturated heterocycles. The molecule has 0 spiro atoms. The SMILES string of the molecule is CCCCCCCCCCCCCCCC[C@@H](O)[C@H](COP(=O)(O)OCC[N+](C)(C)C)NC(=O)CCCCCCCCCCCC. The van der Waals surface area contributed by atoms with Crippen LogP contribution in [0.15, 0.2) is 0 Å². The van der Waals surface area contributed by atoms with Crippen molar-refractivity contribution in [2.24, 2.45) is 0 Å². The Labute approximate surface area is 285 Å². The summed E-state index contributed by atoms with van der Waals surface area (Å²) >= 11 is 0. The van der Waals surface area contributed by atoms with E-state index in [1.54, 1.807) is 0 Å². The van der Waals surface area contributed by atoms with Crippen LogP contribution in [0.25, 0.3) is 0 Å². The maximum absolute atomic E-state index is 12.8. The highest BCUT2D eigenvalue weighted by Crippen LogP contribution is 2.43. The Morgan fingerprint density at radius 2 is 1.04 bits per heavy atom. The van der Waals surface area contributed by atoms with Gasteiger partial charge in [0.1, 0.15) is 13.2 Å². The Morgan fingerprint density at radius 1 is 0.652 bits per heavy atom. The van der Waals surface area contributed by atoms with Gasteiger partial charge >= 0.3 is 7.82 Å². The molecule has 3 atom stereocenters. The zero-order valence-corrected chi connectivity index (χ0v) is 32.0. The molecule has 0 aliphatic rings. The van der Waals surface area contributed by atoms with Crippen molar-refractivity contribution in [1.29, 1.82) is 0 Å². The van der Waals surface area contributed by atoms with Crippen LogP contribution in [0.2, 0.25) is 0 Å².